The van der Waals surface area contributed by atoms with Crippen LogP contribution in [0.2, 0.25) is 0 Å². The molecule has 0 aliphatic heterocycles. The number of rotatable bonds is 12. The summed E-state index contributed by atoms with van der Waals surface area (Å²) in [5, 5.41) is 0. The van der Waals surface area contributed by atoms with E-state index in [9.17, 15) is 54.3 Å². The molecule has 0 aliphatic rings. The molecule has 0 bridgehead atoms. The quantitative estimate of drug-likeness (QED) is 0.147. The molecule has 0 saturated heterocycles. The first-order valence-electron chi connectivity index (χ1n) is 9.71. The van der Waals surface area contributed by atoms with Crippen LogP contribution in [-0.2, 0) is 38.1 Å². The van der Waals surface area contributed by atoms with Gasteiger partial charge in [0.25, 0.3) is 24.3 Å². The lowest BCUT2D eigenvalue weighted by Crippen LogP contribution is -2.44. The molecule has 0 amide bonds. The summed E-state index contributed by atoms with van der Waals surface area (Å²) in [7, 11) is 0. The lowest BCUT2D eigenvalue weighted by atomic mass is 9.92. The van der Waals surface area contributed by atoms with Crippen molar-refractivity contribution in [2.45, 2.75) is 27.7 Å². The van der Waals surface area contributed by atoms with Gasteiger partial charge in [-0.3, -0.25) is 0 Å². The molecule has 0 aromatic rings. The lowest BCUT2D eigenvalue weighted by molar-refractivity contribution is -0.165. The van der Waals surface area contributed by atoms with E-state index in [-0.39, 0.29) is 0 Å². The van der Waals surface area contributed by atoms with E-state index < -0.39 is 102 Å². The molecule has 208 valence electrons. The van der Waals surface area contributed by atoms with Gasteiger partial charge in [-0.25, -0.2) is 19.2 Å². The molecule has 0 aliphatic carbocycles. The van der Waals surface area contributed by atoms with Crippen LogP contribution in [0.15, 0.2) is 46.6 Å². The van der Waals surface area contributed by atoms with Crippen LogP contribution < -0.4 is 0 Å². The average molecular weight is 552 g/mol. The van der Waals surface area contributed by atoms with E-state index >= 15 is 0 Å². The first-order valence-corrected chi connectivity index (χ1v) is 9.71. The standard InChI is InChI=1S/C21H20F8O8/c1-9(13(22)23)17(30)34-5-21(6-35-18(31)10(2)14(24)25,7-36-19(32)11(3)15(26)27)8-37-20(33)12(4)16(28)29/h5-8H2,1-4H3. The maximum Gasteiger partial charge on any atom is 0.339 e. The second-order valence-electron chi connectivity index (χ2n) is 7.35. The maximum absolute atomic E-state index is 12.7. The minimum absolute atomic E-state index is 0.633. The third-order valence-electron chi connectivity index (χ3n) is 4.40. The number of hydrogen-bond donors (Lipinski definition) is 0. The van der Waals surface area contributed by atoms with Crippen molar-refractivity contribution in [3.8, 4) is 0 Å². The van der Waals surface area contributed by atoms with Gasteiger partial charge < -0.3 is 18.9 Å². The molecule has 0 fully saturated rings. The molecule has 16 heteroatoms. The Morgan fingerprint density at radius 3 is 0.730 bits per heavy atom. The van der Waals surface area contributed by atoms with Crippen LogP contribution in [0.25, 0.3) is 0 Å². The Labute approximate surface area is 204 Å². The number of carbonyl (C=O) groups is 4. The van der Waals surface area contributed by atoms with Crippen LogP contribution in [0.4, 0.5) is 35.1 Å². The zero-order valence-corrected chi connectivity index (χ0v) is 19.6. The fourth-order valence-electron chi connectivity index (χ4n) is 1.87. The van der Waals surface area contributed by atoms with Gasteiger partial charge in [-0.05, 0) is 27.7 Å². The molecule has 0 heterocycles. The topological polar surface area (TPSA) is 105 Å². The highest BCUT2D eigenvalue weighted by molar-refractivity contribution is 5.89. The van der Waals surface area contributed by atoms with Crippen LogP contribution in [0.5, 0.6) is 0 Å². The summed E-state index contributed by atoms with van der Waals surface area (Å²) < 4.78 is 120. The van der Waals surface area contributed by atoms with E-state index in [1.807, 2.05) is 0 Å². The molecule has 0 aromatic carbocycles. The van der Waals surface area contributed by atoms with E-state index in [1.165, 1.54) is 0 Å². The molecule has 0 saturated carbocycles. The van der Waals surface area contributed by atoms with Gasteiger partial charge in [0.05, 0.1) is 22.3 Å². The van der Waals surface area contributed by atoms with Gasteiger partial charge in [-0.2, -0.15) is 35.1 Å². The zero-order chi connectivity index (χ0) is 29.1. The fourth-order valence-corrected chi connectivity index (χ4v) is 1.87. The third-order valence-corrected chi connectivity index (χ3v) is 4.40. The van der Waals surface area contributed by atoms with Gasteiger partial charge in [0.15, 0.2) is 0 Å². The summed E-state index contributed by atoms with van der Waals surface area (Å²) in [6, 6.07) is 0. The number of carbonyl (C=O) groups excluding carboxylic acids is 4. The smallest absolute Gasteiger partial charge is 0.339 e. The summed E-state index contributed by atoms with van der Waals surface area (Å²) in [5.41, 5.74) is -7.18. The normalized spacial score (nSPS) is 10.5. The van der Waals surface area contributed by atoms with Crippen molar-refractivity contribution in [1.82, 2.24) is 0 Å². The van der Waals surface area contributed by atoms with Gasteiger partial charge in [-0.1, -0.05) is 0 Å². The molecule has 37 heavy (non-hydrogen) atoms. The van der Waals surface area contributed by atoms with Gasteiger partial charge >= 0.3 is 23.9 Å². The summed E-state index contributed by atoms with van der Waals surface area (Å²) >= 11 is 0. The van der Waals surface area contributed by atoms with E-state index in [1.54, 1.807) is 0 Å². The number of ether oxygens (including phenoxy) is 4. The Morgan fingerprint density at radius 1 is 0.432 bits per heavy atom. The van der Waals surface area contributed by atoms with Gasteiger partial charge in [0, 0.05) is 0 Å². The highest BCUT2D eigenvalue weighted by atomic mass is 19.3. The maximum atomic E-state index is 12.7. The monoisotopic (exact) mass is 552 g/mol. The second-order valence-corrected chi connectivity index (χ2v) is 7.35. The van der Waals surface area contributed by atoms with Gasteiger partial charge in [0.1, 0.15) is 31.8 Å². The minimum Gasteiger partial charge on any atom is -0.461 e. The SMILES string of the molecule is CC(C(=O)OCC(COC(=O)C(C)=C(F)F)(COC(=O)C(C)=C(F)F)COC(=O)C(C)=C(F)F)=C(F)F. The Hall–Kier alpha value is -3.72. The number of esters is 4. The van der Waals surface area contributed by atoms with Crippen molar-refractivity contribution < 1.29 is 73.2 Å². The van der Waals surface area contributed by atoms with Crippen LogP contribution >= 0.6 is 0 Å². The van der Waals surface area contributed by atoms with Crippen molar-refractivity contribution in [3.63, 3.8) is 0 Å². The van der Waals surface area contributed by atoms with E-state index in [4.69, 9.17) is 0 Å². The van der Waals surface area contributed by atoms with Crippen molar-refractivity contribution in [1.29, 1.82) is 0 Å². The molecule has 0 atom stereocenters. The Bertz CT molecular complexity index is 864. The summed E-state index contributed by atoms with van der Waals surface area (Å²) in [6.07, 6.45) is -9.90. The Kier molecular flexibility index (Phi) is 13.3. The van der Waals surface area contributed by atoms with Crippen LogP contribution in [-0.4, -0.2) is 50.3 Å². The average Bonchev–Trinajstić information content (AvgIpc) is 2.84. The second kappa shape index (κ2) is 14.7. The first-order chi connectivity index (χ1) is 17.0. The van der Waals surface area contributed by atoms with Crippen molar-refractivity contribution >= 4 is 23.9 Å². The first kappa shape index (κ1) is 33.3. The van der Waals surface area contributed by atoms with Crippen LogP contribution in [0.1, 0.15) is 27.7 Å². The van der Waals surface area contributed by atoms with E-state index in [0.717, 1.165) is 0 Å². The van der Waals surface area contributed by atoms with Crippen molar-refractivity contribution in [3.05, 3.63) is 46.6 Å². The van der Waals surface area contributed by atoms with E-state index in [2.05, 4.69) is 18.9 Å². The predicted molar refractivity (Wildman–Crippen MR) is 106 cm³/mol. The lowest BCUT2D eigenvalue weighted by Gasteiger charge is -2.31. The molecule has 0 unspecified atom stereocenters. The fraction of sp³-hybridized carbons (Fsp3) is 0.429. The minimum atomic E-state index is -2.47. The molecule has 0 aromatic heterocycles. The number of halogens is 8. The predicted octanol–water partition coefficient (Wildman–Crippen LogP) is 4.83. The number of hydrogen-bond acceptors (Lipinski definition) is 8. The van der Waals surface area contributed by atoms with Crippen molar-refractivity contribution in [2.75, 3.05) is 26.4 Å². The summed E-state index contributed by atoms with van der Waals surface area (Å²) in [5.74, 6) is -6.74. The molecular weight excluding hydrogens is 532 g/mol. The highest BCUT2D eigenvalue weighted by Gasteiger charge is 2.39. The molecule has 8 nitrogen and oxygen atoms in total. The highest BCUT2D eigenvalue weighted by Crippen LogP contribution is 2.25. The van der Waals surface area contributed by atoms with Crippen LogP contribution in [0, 0.1) is 5.41 Å². The largest absolute Gasteiger partial charge is 0.461 e. The summed E-state index contributed by atoms with van der Waals surface area (Å²) in [6.45, 7) is -2.33. The Morgan fingerprint density at radius 2 is 0.595 bits per heavy atom. The van der Waals surface area contributed by atoms with Crippen molar-refractivity contribution in [2.24, 2.45) is 5.41 Å². The molecule has 0 rings (SSSR count). The molecule has 0 spiro atoms. The van der Waals surface area contributed by atoms with E-state index in [0.29, 0.717) is 27.7 Å². The molecule has 0 N–H and O–H groups in total. The Balaban J connectivity index is 6.33. The molecular formula is C21H20F8O8. The van der Waals surface area contributed by atoms with Gasteiger partial charge in [-0.15, -0.1) is 0 Å². The summed E-state index contributed by atoms with van der Waals surface area (Å²) in [4.78, 5) is 47.3. The molecule has 0 radical (unpaired) electrons. The third kappa shape index (κ3) is 10.8. The van der Waals surface area contributed by atoms with Gasteiger partial charge in [0.2, 0.25) is 0 Å². The van der Waals surface area contributed by atoms with Crippen LogP contribution in [0.3, 0.4) is 0 Å². The zero-order valence-electron chi connectivity index (χ0n) is 19.6.